The Labute approximate surface area is 83.1 Å². The van der Waals surface area contributed by atoms with Crippen molar-refractivity contribution in [1.82, 2.24) is 5.32 Å². The summed E-state index contributed by atoms with van der Waals surface area (Å²) in [5.41, 5.74) is 0.624. The van der Waals surface area contributed by atoms with E-state index in [4.69, 9.17) is 4.74 Å². The maximum Gasteiger partial charge on any atom is 0.338 e. The molecule has 3 heteroatoms. The van der Waals surface area contributed by atoms with Crippen LogP contribution < -0.4 is 5.32 Å². The third-order valence-corrected chi connectivity index (χ3v) is 2.30. The lowest BCUT2D eigenvalue weighted by atomic mass is 10.2. The van der Waals surface area contributed by atoms with Crippen LogP contribution in [0.1, 0.15) is 16.8 Å². The fraction of sp³-hybridized carbons (Fsp3) is 0.364. The van der Waals surface area contributed by atoms with E-state index in [1.54, 1.807) is 12.1 Å². The van der Waals surface area contributed by atoms with Crippen LogP contribution in [0.2, 0.25) is 0 Å². The van der Waals surface area contributed by atoms with E-state index in [0.717, 1.165) is 19.5 Å². The second kappa shape index (κ2) is 4.24. The monoisotopic (exact) mass is 191 g/mol. The predicted octanol–water partition coefficient (Wildman–Crippen LogP) is 1.21. The van der Waals surface area contributed by atoms with Crippen molar-refractivity contribution in [1.29, 1.82) is 0 Å². The molecule has 0 spiro atoms. The van der Waals surface area contributed by atoms with Gasteiger partial charge in [0, 0.05) is 6.54 Å². The van der Waals surface area contributed by atoms with Crippen LogP contribution >= 0.6 is 0 Å². The number of carbonyl (C=O) groups is 1. The van der Waals surface area contributed by atoms with Crippen molar-refractivity contribution in [3.8, 4) is 0 Å². The van der Waals surface area contributed by atoms with Crippen LogP contribution in [0.5, 0.6) is 0 Å². The van der Waals surface area contributed by atoms with Gasteiger partial charge in [0.25, 0.3) is 0 Å². The van der Waals surface area contributed by atoms with Crippen molar-refractivity contribution in [2.24, 2.45) is 0 Å². The van der Waals surface area contributed by atoms with Crippen molar-refractivity contribution in [3.05, 3.63) is 35.9 Å². The summed E-state index contributed by atoms with van der Waals surface area (Å²) in [4.78, 5) is 11.6. The molecule has 0 unspecified atom stereocenters. The van der Waals surface area contributed by atoms with Crippen LogP contribution in [0.25, 0.3) is 0 Å². The maximum atomic E-state index is 11.6. The lowest BCUT2D eigenvalue weighted by Crippen LogP contribution is -2.20. The Hall–Kier alpha value is -1.35. The molecule has 0 radical (unpaired) electrons. The molecule has 0 aliphatic carbocycles. The summed E-state index contributed by atoms with van der Waals surface area (Å²) >= 11 is 0. The van der Waals surface area contributed by atoms with Gasteiger partial charge in [-0.15, -0.1) is 0 Å². The minimum atomic E-state index is -0.223. The van der Waals surface area contributed by atoms with Gasteiger partial charge in [0.15, 0.2) is 0 Å². The van der Waals surface area contributed by atoms with Gasteiger partial charge in [-0.3, -0.25) is 0 Å². The minimum Gasteiger partial charge on any atom is -0.457 e. The van der Waals surface area contributed by atoms with E-state index in [-0.39, 0.29) is 12.1 Å². The minimum absolute atomic E-state index is 0.0442. The molecule has 2 rings (SSSR count). The molecular formula is C11H13NO2. The Morgan fingerprint density at radius 1 is 1.36 bits per heavy atom. The van der Waals surface area contributed by atoms with Gasteiger partial charge < -0.3 is 10.1 Å². The average Bonchev–Trinajstić information content (AvgIpc) is 2.72. The molecule has 0 bridgehead atoms. The van der Waals surface area contributed by atoms with Crippen LogP contribution in [0.3, 0.4) is 0 Å². The summed E-state index contributed by atoms with van der Waals surface area (Å²) in [6.45, 7) is 1.71. The molecule has 1 N–H and O–H groups in total. The fourth-order valence-electron chi connectivity index (χ4n) is 1.52. The zero-order chi connectivity index (χ0) is 9.80. The smallest absolute Gasteiger partial charge is 0.338 e. The molecule has 3 nitrogen and oxygen atoms in total. The van der Waals surface area contributed by atoms with Crippen LogP contribution in [0.4, 0.5) is 0 Å². The first-order chi connectivity index (χ1) is 6.86. The number of benzene rings is 1. The largest absolute Gasteiger partial charge is 0.457 e. The highest BCUT2D eigenvalue weighted by Gasteiger charge is 2.19. The van der Waals surface area contributed by atoms with Gasteiger partial charge in [0.2, 0.25) is 0 Å². The van der Waals surface area contributed by atoms with E-state index in [1.165, 1.54) is 0 Å². The molecule has 14 heavy (non-hydrogen) atoms. The number of hydrogen-bond acceptors (Lipinski definition) is 3. The van der Waals surface area contributed by atoms with Crippen LogP contribution in [-0.2, 0) is 4.74 Å². The maximum absolute atomic E-state index is 11.6. The SMILES string of the molecule is O=C(O[C@@H]1CCNC1)c1ccccc1. The summed E-state index contributed by atoms with van der Waals surface area (Å²) < 4.78 is 5.30. The number of nitrogens with one attached hydrogen (secondary N) is 1. The molecule has 0 amide bonds. The van der Waals surface area contributed by atoms with E-state index >= 15 is 0 Å². The third kappa shape index (κ3) is 2.12. The lowest BCUT2D eigenvalue weighted by molar-refractivity contribution is 0.0344. The summed E-state index contributed by atoms with van der Waals surface area (Å²) in [6.07, 6.45) is 0.959. The van der Waals surface area contributed by atoms with E-state index in [9.17, 15) is 4.79 Å². The predicted molar refractivity (Wildman–Crippen MR) is 53.1 cm³/mol. The molecule has 1 atom stereocenters. The van der Waals surface area contributed by atoms with Crippen molar-refractivity contribution in [2.75, 3.05) is 13.1 Å². The molecule has 1 aromatic carbocycles. The number of esters is 1. The van der Waals surface area contributed by atoms with Crippen LogP contribution in [-0.4, -0.2) is 25.2 Å². The zero-order valence-electron chi connectivity index (χ0n) is 7.90. The highest BCUT2D eigenvalue weighted by Crippen LogP contribution is 2.08. The number of ether oxygens (including phenoxy) is 1. The van der Waals surface area contributed by atoms with E-state index in [1.807, 2.05) is 18.2 Å². The third-order valence-electron chi connectivity index (χ3n) is 2.30. The van der Waals surface area contributed by atoms with Gasteiger partial charge in [0.05, 0.1) is 5.56 Å². The molecule has 74 valence electrons. The Kier molecular flexibility index (Phi) is 2.79. The van der Waals surface area contributed by atoms with E-state index < -0.39 is 0 Å². The molecule has 1 aromatic rings. The Morgan fingerprint density at radius 2 is 2.14 bits per heavy atom. The summed E-state index contributed by atoms with van der Waals surface area (Å²) in [7, 11) is 0. The summed E-state index contributed by atoms with van der Waals surface area (Å²) in [6, 6.07) is 9.09. The van der Waals surface area contributed by atoms with E-state index in [2.05, 4.69) is 5.32 Å². The normalized spacial score (nSPS) is 20.7. The van der Waals surface area contributed by atoms with Crippen molar-refractivity contribution in [3.63, 3.8) is 0 Å². The first-order valence-electron chi connectivity index (χ1n) is 4.83. The van der Waals surface area contributed by atoms with Gasteiger partial charge in [-0.25, -0.2) is 4.79 Å². The first kappa shape index (κ1) is 9.21. The molecule has 1 fully saturated rings. The Morgan fingerprint density at radius 3 is 2.79 bits per heavy atom. The first-order valence-corrected chi connectivity index (χ1v) is 4.83. The van der Waals surface area contributed by atoms with Crippen molar-refractivity contribution in [2.45, 2.75) is 12.5 Å². The molecule has 1 aliphatic rings. The standard InChI is InChI=1S/C11H13NO2/c13-11(9-4-2-1-3-5-9)14-10-6-7-12-8-10/h1-5,10,12H,6-8H2/t10-/m1/s1. The second-order valence-corrected chi connectivity index (χ2v) is 3.39. The van der Waals surface area contributed by atoms with E-state index in [0.29, 0.717) is 5.56 Å². The number of rotatable bonds is 2. The fourth-order valence-corrected chi connectivity index (χ4v) is 1.52. The van der Waals surface area contributed by atoms with Gasteiger partial charge in [0.1, 0.15) is 6.10 Å². The van der Waals surface area contributed by atoms with Gasteiger partial charge >= 0.3 is 5.97 Å². The second-order valence-electron chi connectivity index (χ2n) is 3.39. The quantitative estimate of drug-likeness (QED) is 0.714. The summed E-state index contributed by atoms with van der Waals surface area (Å²) in [5, 5.41) is 3.15. The zero-order valence-corrected chi connectivity index (χ0v) is 7.90. The molecule has 1 aliphatic heterocycles. The highest BCUT2D eigenvalue weighted by atomic mass is 16.5. The molecule has 0 aromatic heterocycles. The lowest BCUT2D eigenvalue weighted by Gasteiger charge is -2.10. The Bertz CT molecular complexity index is 304. The molecule has 0 saturated carbocycles. The van der Waals surface area contributed by atoms with Crippen LogP contribution in [0.15, 0.2) is 30.3 Å². The van der Waals surface area contributed by atoms with Gasteiger partial charge in [-0.2, -0.15) is 0 Å². The van der Waals surface area contributed by atoms with Gasteiger partial charge in [-0.1, -0.05) is 18.2 Å². The Balaban J connectivity index is 1.95. The van der Waals surface area contributed by atoms with Gasteiger partial charge in [-0.05, 0) is 25.1 Å². The highest BCUT2D eigenvalue weighted by molar-refractivity contribution is 5.89. The van der Waals surface area contributed by atoms with Crippen LogP contribution in [0, 0.1) is 0 Å². The molecule has 1 saturated heterocycles. The number of hydrogen-bond donors (Lipinski definition) is 1. The average molecular weight is 191 g/mol. The molecule has 1 heterocycles. The topological polar surface area (TPSA) is 38.3 Å². The molecular weight excluding hydrogens is 178 g/mol. The number of carbonyl (C=O) groups excluding carboxylic acids is 1. The van der Waals surface area contributed by atoms with Crippen molar-refractivity contribution < 1.29 is 9.53 Å². The summed E-state index contributed by atoms with van der Waals surface area (Å²) in [5.74, 6) is -0.223. The van der Waals surface area contributed by atoms with Crippen molar-refractivity contribution >= 4 is 5.97 Å².